The highest BCUT2D eigenvalue weighted by Gasteiger charge is 2.21. The van der Waals surface area contributed by atoms with Crippen molar-refractivity contribution in [3.05, 3.63) is 28.3 Å². The smallest absolute Gasteiger partial charge is 0.130 e. The van der Waals surface area contributed by atoms with Crippen molar-refractivity contribution in [3.63, 3.8) is 0 Å². The van der Waals surface area contributed by atoms with Crippen LogP contribution in [0.4, 0.5) is 5.82 Å². The molecule has 3 nitrogen and oxygen atoms in total. The van der Waals surface area contributed by atoms with Crippen molar-refractivity contribution in [2.75, 3.05) is 5.32 Å². The largest absolute Gasteiger partial charge is 0.367 e. The van der Waals surface area contributed by atoms with Crippen molar-refractivity contribution in [3.8, 4) is 10.6 Å². The molecule has 1 saturated carbocycles. The Balaban J connectivity index is 1.88. The molecule has 0 amide bonds. The van der Waals surface area contributed by atoms with Crippen molar-refractivity contribution in [1.29, 1.82) is 0 Å². The summed E-state index contributed by atoms with van der Waals surface area (Å²) in [5.74, 6) is 0.928. The second-order valence-corrected chi connectivity index (χ2v) is 5.66. The van der Waals surface area contributed by atoms with Gasteiger partial charge in [-0.15, -0.1) is 11.3 Å². The van der Waals surface area contributed by atoms with E-state index in [1.165, 1.54) is 12.8 Å². The lowest BCUT2D eigenvalue weighted by Gasteiger charge is -2.03. The number of nitrogens with zero attached hydrogens (tertiary/aromatic N) is 2. The molecular formula is C11H10BrN3S. The van der Waals surface area contributed by atoms with Crippen molar-refractivity contribution in [2.24, 2.45) is 0 Å². The quantitative estimate of drug-likeness (QED) is 0.941. The fraction of sp³-hybridized carbons (Fsp3) is 0.273. The van der Waals surface area contributed by atoms with E-state index in [2.05, 4.69) is 42.7 Å². The Hall–Kier alpha value is -0.940. The van der Waals surface area contributed by atoms with E-state index in [0.717, 1.165) is 20.9 Å². The molecule has 16 heavy (non-hydrogen) atoms. The first-order valence-corrected chi connectivity index (χ1v) is 6.81. The number of aromatic nitrogens is 2. The highest BCUT2D eigenvalue weighted by atomic mass is 79.9. The third kappa shape index (κ3) is 2.25. The van der Waals surface area contributed by atoms with E-state index in [-0.39, 0.29) is 0 Å². The van der Waals surface area contributed by atoms with Gasteiger partial charge in [0, 0.05) is 22.0 Å². The zero-order valence-corrected chi connectivity index (χ0v) is 10.9. The van der Waals surface area contributed by atoms with Crippen LogP contribution in [0.5, 0.6) is 0 Å². The van der Waals surface area contributed by atoms with Gasteiger partial charge in [0.2, 0.25) is 0 Å². The minimum absolute atomic E-state index is 0.623. The number of hydrogen-bond acceptors (Lipinski definition) is 4. The highest BCUT2D eigenvalue weighted by molar-refractivity contribution is 9.10. The molecule has 1 N–H and O–H groups in total. The van der Waals surface area contributed by atoms with Gasteiger partial charge < -0.3 is 5.32 Å². The van der Waals surface area contributed by atoms with Crippen molar-refractivity contribution in [2.45, 2.75) is 18.9 Å². The SMILES string of the molecule is Brc1csc(-c2cc(NC3CC3)ncn2)c1. The lowest BCUT2D eigenvalue weighted by atomic mass is 10.3. The number of thiophene rings is 1. The molecule has 5 heteroatoms. The molecule has 1 aliphatic carbocycles. The van der Waals surface area contributed by atoms with Crippen LogP contribution in [0.15, 0.2) is 28.3 Å². The van der Waals surface area contributed by atoms with E-state index >= 15 is 0 Å². The average molecular weight is 296 g/mol. The molecule has 2 aromatic rings. The second kappa shape index (κ2) is 4.14. The summed E-state index contributed by atoms with van der Waals surface area (Å²) >= 11 is 5.13. The van der Waals surface area contributed by atoms with E-state index in [0.29, 0.717) is 6.04 Å². The second-order valence-electron chi connectivity index (χ2n) is 3.84. The van der Waals surface area contributed by atoms with Gasteiger partial charge in [0.25, 0.3) is 0 Å². The molecule has 2 heterocycles. The summed E-state index contributed by atoms with van der Waals surface area (Å²) in [4.78, 5) is 9.67. The molecule has 2 aromatic heterocycles. The maximum Gasteiger partial charge on any atom is 0.130 e. The van der Waals surface area contributed by atoms with Gasteiger partial charge in [-0.3, -0.25) is 0 Å². The van der Waals surface area contributed by atoms with Crippen LogP contribution in [0, 0.1) is 0 Å². The third-order valence-corrected chi connectivity index (χ3v) is 4.13. The topological polar surface area (TPSA) is 37.8 Å². The van der Waals surface area contributed by atoms with E-state index < -0.39 is 0 Å². The summed E-state index contributed by atoms with van der Waals surface area (Å²) in [6.07, 6.45) is 4.13. The predicted molar refractivity (Wildman–Crippen MR) is 69.7 cm³/mol. The molecule has 0 radical (unpaired) electrons. The predicted octanol–water partition coefficient (Wildman–Crippen LogP) is 3.54. The van der Waals surface area contributed by atoms with Crippen molar-refractivity contribution < 1.29 is 0 Å². The molecule has 0 aromatic carbocycles. The molecule has 0 unspecified atom stereocenters. The fourth-order valence-electron chi connectivity index (χ4n) is 1.46. The Kier molecular flexibility index (Phi) is 2.65. The van der Waals surface area contributed by atoms with Crippen LogP contribution in [0.1, 0.15) is 12.8 Å². The van der Waals surface area contributed by atoms with Gasteiger partial charge in [0.15, 0.2) is 0 Å². The Morgan fingerprint density at radius 3 is 2.88 bits per heavy atom. The molecule has 3 rings (SSSR count). The Morgan fingerprint density at radius 1 is 1.31 bits per heavy atom. The summed E-state index contributed by atoms with van der Waals surface area (Å²) in [5, 5.41) is 5.44. The Labute approximate surface area is 106 Å². The fourth-order valence-corrected chi connectivity index (χ4v) is 2.85. The summed E-state index contributed by atoms with van der Waals surface area (Å²) < 4.78 is 1.10. The molecule has 0 atom stereocenters. The minimum atomic E-state index is 0.623. The van der Waals surface area contributed by atoms with Crippen molar-refractivity contribution >= 4 is 33.1 Å². The van der Waals surface area contributed by atoms with Gasteiger partial charge in [-0.05, 0) is 34.8 Å². The maximum atomic E-state index is 4.29. The Morgan fingerprint density at radius 2 is 2.19 bits per heavy atom. The first-order chi connectivity index (χ1) is 7.81. The number of halogens is 1. The summed E-state index contributed by atoms with van der Waals surface area (Å²) in [5.41, 5.74) is 0.980. The molecule has 1 fully saturated rings. The first kappa shape index (κ1) is 10.2. The zero-order chi connectivity index (χ0) is 11.0. The molecule has 0 aliphatic heterocycles. The molecule has 0 saturated heterocycles. The van der Waals surface area contributed by atoms with E-state index in [1.54, 1.807) is 17.7 Å². The van der Waals surface area contributed by atoms with E-state index in [1.807, 2.05) is 6.07 Å². The van der Waals surface area contributed by atoms with Crippen LogP contribution < -0.4 is 5.32 Å². The summed E-state index contributed by atoms with van der Waals surface area (Å²) in [6, 6.07) is 4.71. The Bertz CT molecular complexity index is 507. The standard InChI is InChI=1S/C11H10BrN3S/c12-7-3-10(16-5-7)9-4-11(14-6-13-9)15-8-1-2-8/h3-6,8H,1-2H2,(H,13,14,15). The number of anilines is 1. The average Bonchev–Trinajstić information content (AvgIpc) is 2.98. The molecule has 82 valence electrons. The summed E-state index contributed by atoms with van der Waals surface area (Å²) in [6.45, 7) is 0. The van der Waals surface area contributed by atoms with E-state index in [9.17, 15) is 0 Å². The van der Waals surface area contributed by atoms with Crippen LogP contribution in [0.3, 0.4) is 0 Å². The first-order valence-electron chi connectivity index (χ1n) is 5.14. The van der Waals surface area contributed by atoms with Crippen LogP contribution in [0.25, 0.3) is 10.6 Å². The number of hydrogen-bond donors (Lipinski definition) is 1. The molecule has 0 bridgehead atoms. The monoisotopic (exact) mass is 295 g/mol. The van der Waals surface area contributed by atoms with Crippen molar-refractivity contribution in [1.82, 2.24) is 9.97 Å². The van der Waals surface area contributed by atoms with Gasteiger partial charge in [0.1, 0.15) is 12.1 Å². The van der Waals surface area contributed by atoms with Crippen LogP contribution in [-0.2, 0) is 0 Å². The highest BCUT2D eigenvalue weighted by Crippen LogP contribution is 2.30. The van der Waals surface area contributed by atoms with Gasteiger partial charge in [0.05, 0.1) is 10.6 Å². The normalized spacial score (nSPS) is 15.1. The summed E-state index contributed by atoms with van der Waals surface area (Å²) in [7, 11) is 0. The minimum Gasteiger partial charge on any atom is -0.367 e. The van der Waals surface area contributed by atoms with Gasteiger partial charge in [-0.25, -0.2) is 9.97 Å². The van der Waals surface area contributed by atoms with Crippen LogP contribution in [0.2, 0.25) is 0 Å². The molecular weight excluding hydrogens is 286 g/mol. The maximum absolute atomic E-state index is 4.29. The lowest BCUT2D eigenvalue weighted by molar-refractivity contribution is 1.08. The van der Waals surface area contributed by atoms with Gasteiger partial charge in [-0.2, -0.15) is 0 Å². The molecule has 0 spiro atoms. The molecule has 1 aliphatic rings. The third-order valence-electron chi connectivity index (χ3n) is 2.42. The lowest BCUT2D eigenvalue weighted by Crippen LogP contribution is -2.03. The zero-order valence-electron chi connectivity index (χ0n) is 8.48. The van der Waals surface area contributed by atoms with Crippen LogP contribution in [-0.4, -0.2) is 16.0 Å². The van der Waals surface area contributed by atoms with Gasteiger partial charge >= 0.3 is 0 Å². The number of nitrogens with one attached hydrogen (secondary N) is 1. The van der Waals surface area contributed by atoms with Gasteiger partial charge in [-0.1, -0.05) is 0 Å². The number of rotatable bonds is 3. The van der Waals surface area contributed by atoms with E-state index in [4.69, 9.17) is 0 Å². The van der Waals surface area contributed by atoms with Crippen LogP contribution >= 0.6 is 27.3 Å².